The van der Waals surface area contributed by atoms with E-state index in [9.17, 15) is 23.2 Å². The van der Waals surface area contributed by atoms with Gasteiger partial charge in [-0.15, -0.1) is 0 Å². The Bertz CT molecular complexity index is 1220. The maximum Gasteiger partial charge on any atom is 0.409 e. The SMILES string of the molecule is CN(C)C(=O)OCC(=O)NC(Sc1ncccc1C(=O)Nc1ccc(OC(F)F)cc1)c1ccncc1. The summed E-state index contributed by atoms with van der Waals surface area (Å²) < 4.78 is 34.0. The van der Waals surface area contributed by atoms with Gasteiger partial charge in [-0.1, -0.05) is 11.8 Å². The van der Waals surface area contributed by atoms with Crippen LogP contribution in [0.5, 0.6) is 5.75 Å². The molecule has 0 aliphatic carbocycles. The van der Waals surface area contributed by atoms with Crippen molar-refractivity contribution in [3.8, 4) is 5.75 Å². The fraction of sp³-hybridized carbons (Fsp3) is 0.208. The Labute approximate surface area is 215 Å². The van der Waals surface area contributed by atoms with Crippen LogP contribution in [-0.2, 0) is 9.53 Å². The molecule has 10 nitrogen and oxygen atoms in total. The highest BCUT2D eigenvalue weighted by atomic mass is 32.2. The molecule has 0 bridgehead atoms. The zero-order valence-electron chi connectivity index (χ0n) is 19.8. The second-order valence-corrected chi connectivity index (χ2v) is 8.60. The lowest BCUT2D eigenvalue weighted by atomic mass is 10.2. The molecule has 3 aromatic rings. The van der Waals surface area contributed by atoms with Crippen molar-refractivity contribution in [1.29, 1.82) is 0 Å². The van der Waals surface area contributed by atoms with Gasteiger partial charge in [0.05, 0.1) is 5.56 Å². The van der Waals surface area contributed by atoms with Crippen molar-refractivity contribution in [2.75, 3.05) is 26.0 Å². The van der Waals surface area contributed by atoms with Gasteiger partial charge in [0.25, 0.3) is 11.8 Å². The molecular formula is C24H23F2N5O5S. The average Bonchev–Trinajstić information content (AvgIpc) is 2.88. The summed E-state index contributed by atoms with van der Waals surface area (Å²) in [6.07, 6.45) is 3.93. The molecule has 3 rings (SSSR count). The predicted octanol–water partition coefficient (Wildman–Crippen LogP) is 3.94. The Balaban J connectivity index is 1.76. The van der Waals surface area contributed by atoms with Gasteiger partial charge in [-0.2, -0.15) is 8.78 Å². The number of thioether (sulfide) groups is 1. The van der Waals surface area contributed by atoms with E-state index in [0.29, 0.717) is 16.3 Å². The molecular weight excluding hydrogens is 508 g/mol. The summed E-state index contributed by atoms with van der Waals surface area (Å²) >= 11 is 1.10. The second-order valence-electron chi connectivity index (χ2n) is 7.51. The minimum Gasteiger partial charge on any atom is -0.439 e. The van der Waals surface area contributed by atoms with Crippen LogP contribution in [0.15, 0.2) is 72.1 Å². The monoisotopic (exact) mass is 531 g/mol. The fourth-order valence-corrected chi connectivity index (χ4v) is 3.97. The number of aromatic nitrogens is 2. The number of hydrogen-bond donors (Lipinski definition) is 2. The third kappa shape index (κ3) is 8.42. The summed E-state index contributed by atoms with van der Waals surface area (Å²) in [4.78, 5) is 46.6. The topological polar surface area (TPSA) is 123 Å². The van der Waals surface area contributed by atoms with E-state index in [1.807, 2.05) is 0 Å². The van der Waals surface area contributed by atoms with E-state index in [0.717, 1.165) is 11.8 Å². The summed E-state index contributed by atoms with van der Waals surface area (Å²) in [6, 6.07) is 12.0. The lowest BCUT2D eigenvalue weighted by molar-refractivity contribution is -0.124. The van der Waals surface area contributed by atoms with Gasteiger partial charge in [0.2, 0.25) is 0 Å². The van der Waals surface area contributed by atoms with Gasteiger partial charge in [0.15, 0.2) is 6.61 Å². The summed E-state index contributed by atoms with van der Waals surface area (Å²) in [5.74, 6) is -1.10. The summed E-state index contributed by atoms with van der Waals surface area (Å²) in [7, 11) is 2.99. The zero-order chi connectivity index (χ0) is 26.8. The number of amides is 3. The maximum atomic E-state index is 13.0. The van der Waals surface area contributed by atoms with Crippen LogP contribution in [0.4, 0.5) is 19.3 Å². The van der Waals surface area contributed by atoms with E-state index < -0.39 is 36.5 Å². The minimum atomic E-state index is -2.95. The van der Waals surface area contributed by atoms with Gasteiger partial charge >= 0.3 is 12.7 Å². The number of alkyl halides is 2. The number of anilines is 1. The van der Waals surface area contributed by atoms with Crippen LogP contribution >= 0.6 is 11.8 Å². The number of rotatable bonds is 10. The summed E-state index contributed by atoms with van der Waals surface area (Å²) in [5.41, 5.74) is 1.24. The van der Waals surface area contributed by atoms with E-state index >= 15 is 0 Å². The Morgan fingerprint density at radius 1 is 1.03 bits per heavy atom. The lowest BCUT2D eigenvalue weighted by Gasteiger charge is -2.20. The number of carbonyl (C=O) groups excluding carboxylic acids is 3. The molecule has 13 heteroatoms. The molecule has 1 aromatic carbocycles. The quantitative estimate of drug-likeness (QED) is 0.298. The summed E-state index contributed by atoms with van der Waals surface area (Å²) in [5, 5.41) is 5.07. The molecule has 0 radical (unpaired) electrons. The third-order valence-corrected chi connectivity index (χ3v) is 5.75. The van der Waals surface area contributed by atoms with Crippen LogP contribution in [0.1, 0.15) is 21.3 Å². The Morgan fingerprint density at radius 2 is 1.73 bits per heavy atom. The fourth-order valence-electron chi connectivity index (χ4n) is 2.85. The molecule has 0 aliphatic rings. The number of halogens is 2. The molecule has 0 fully saturated rings. The smallest absolute Gasteiger partial charge is 0.409 e. The number of pyridine rings is 2. The van der Waals surface area contributed by atoms with Crippen LogP contribution in [0.25, 0.3) is 0 Å². The van der Waals surface area contributed by atoms with Crippen LogP contribution in [0.3, 0.4) is 0 Å². The van der Waals surface area contributed by atoms with Gasteiger partial charge < -0.3 is 25.0 Å². The van der Waals surface area contributed by atoms with Gasteiger partial charge in [0, 0.05) is 38.4 Å². The molecule has 0 saturated heterocycles. The molecule has 2 N–H and O–H groups in total. The third-order valence-electron chi connectivity index (χ3n) is 4.58. The van der Waals surface area contributed by atoms with E-state index in [2.05, 4.69) is 25.3 Å². The van der Waals surface area contributed by atoms with Gasteiger partial charge in [0.1, 0.15) is 16.1 Å². The van der Waals surface area contributed by atoms with E-state index in [4.69, 9.17) is 4.74 Å². The first-order valence-corrected chi connectivity index (χ1v) is 11.6. The second kappa shape index (κ2) is 13.2. The first kappa shape index (κ1) is 27.3. The molecule has 194 valence electrons. The van der Waals surface area contributed by atoms with Gasteiger partial charge in [-0.25, -0.2) is 9.78 Å². The van der Waals surface area contributed by atoms with Crippen LogP contribution in [0, 0.1) is 0 Å². The Morgan fingerprint density at radius 3 is 2.38 bits per heavy atom. The van der Waals surface area contributed by atoms with Crippen molar-refractivity contribution in [2.45, 2.75) is 17.0 Å². The standard InChI is InChI=1S/C24H23F2N5O5S/c1-31(2)24(34)35-14-19(32)30-21(15-9-12-27-13-10-15)37-22-18(4-3-11-28-22)20(33)29-16-5-7-17(8-6-16)36-23(25)26/h3-13,21,23H,14H2,1-2H3,(H,29,33)(H,30,32). The highest BCUT2D eigenvalue weighted by Crippen LogP contribution is 2.34. The lowest BCUT2D eigenvalue weighted by Crippen LogP contribution is -2.33. The number of nitrogens with zero attached hydrogens (tertiary/aromatic N) is 3. The van der Waals surface area contributed by atoms with Crippen molar-refractivity contribution >= 4 is 35.4 Å². The van der Waals surface area contributed by atoms with Crippen molar-refractivity contribution in [1.82, 2.24) is 20.2 Å². The van der Waals surface area contributed by atoms with Gasteiger partial charge in [-0.05, 0) is 54.1 Å². The number of ether oxygens (including phenoxy) is 2. The average molecular weight is 532 g/mol. The molecule has 37 heavy (non-hydrogen) atoms. The molecule has 2 heterocycles. The molecule has 3 amide bonds. The highest BCUT2D eigenvalue weighted by Gasteiger charge is 2.22. The van der Waals surface area contributed by atoms with Crippen LogP contribution < -0.4 is 15.4 Å². The van der Waals surface area contributed by atoms with E-state index in [1.54, 1.807) is 36.7 Å². The van der Waals surface area contributed by atoms with Crippen LogP contribution in [0.2, 0.25) is 0 Å². The molecule has 0 spiro atoms. The Hall–Kier alpha value is -4.26. The van der Waals surface area contributed by atoms with Crippen molar-refractivity contribution in [3.05, 3.63) is 78.2 Å². The van der Waals surface area contributed by atoms with E-state index in [1.165, 1.54) is 49.5 Å². The molecule has 1 atom stereocenters. The first-order chi connectivity index (χ1) is 17.7. The molecule has 1 unspecified atom stereocenters. The number of hydrogen-bond acceptors (Lipinski definition) is 8. The Kier molecular flexibility index (Phi) is 9.72. The molecule has 2 aromatic heterocycles. The summed E-state index contributed by atoms with van der Waals surface area (Å²) in [6.45, 7) is -3.45. The van der Waals surface area contributed by atoms with Crippen molar-refractivity contribution < 1.29 is 32.6 Å². The number of benzene rings is 1. The van der Waals surface area contributed by atoms with Crippen LogP contribution in [-0.4, -0.2) is 60.1 Å². The molecule has 0 aliphatic heterocycles. The predicted molar refractivity (Wildman–Crippen MR) is 131 cm³/mol. The largest absolute Gasteiger partial charge is 0.439 e. The van der Waals surface area contributed by atoms with Crippen molar-refractivity contribution in [2.24, 2.45) is 0 Å². The highest BCUT2D eigenvalue weighted by molar-refractivity contribution is 7.99. The van der Waals surface area contributed by atoms with Crippen molar-refractivity contribution in [3.63, 3.8) is 0 Å². The zero-order valence-corrected chi connectivity index (χ0v) is 20.6. The van der Waals surface area contributed by atoms with Gasteiger partial charge in [-0.3, -0.25) is 14.6 Å². The maximum absolute atomic E-state index is 13.0. The first-order valence-electron chi connectivity index (χ1n) is 10.7. The number of carbonyl (C=O) groups is 3. The minimum absolute atomic E-state index is 0.0437. The normalized spacial score (nSPS) is 11.4. The van der Waals surface area contributed by atoms with E-state index in [-0.39, 0.29) is 11.3 Å². The molecule has 0 saturated carbocycles. The number of nitrogens with one attached hydrogen (secondary N) is 2.